The lowest BCUT2D eigenvalue weighted by Crippen LogP contribution is -2.24. The van der Waals surface area contributed by atoms with E-state index in [9.17, 15) is 18.3 Å². The molecule has 3 aromatic rings. The number of aromatic nitrogens is 2. The van der Waals surface area contributed by atoms with Crippen molar-refractivity contribution in [3.63, 3.8) is 0 Å². The lowest BCUT2D eigenvalue weighted by molar-refractivity contribution is 0.0701. The zero-order valence-corrected chi connectivity index (χ0v) is 20.9. The number of ether oxygens (including phenoxy) is 1. The minimum Gasteiger partial charge on any atom is -0.393 e. The van der Waals surface area contributed by atoms with Crippen molar-refractivity contribution >= 4 is 33.2 Å². The first-order chi connectivity index (χ1) is 17.3. The number of fused-ring (bicyclic) bond motifs is 1. The smallest absolute Gasteiger partial charge is 0.333 e. The first-order valence-corrected chi connectivity index (χ1v) is 13.9. The second-order valence-electron chi connectivity index (χ2n) is 8.98. The Morgan fingerprint density at radius 2 is 2.14 bits per heavy atom. The van der Waals surface area contributed by atoms with Crippen molar-refractivity contribution in [2.45, 2.75) is 37.5 Å². The van der Waals surface area contributed by atoms with E-state index in [0.29, 0.717) is 35.7 Å². The molecule has 1 aromatic carbocycles. The van der Waals surface area contributed by atoms with Gasteiger partial charge in [-0.2, -0.15) is 8.42 Å². The van der Waals surface area contributed by atoms with E-state index in [4.69, 9.17) is 9.88 Å². The van der Waals surface area contributed by atoms with Crippen LogP contribution in [0.2, 0.25) is 0 Å². The number of hydrogen-bond acceptors (Lipinski definition) is 10. The van der Waals surface area contributed by atoms with Gasteiger partial charge in [0.25, 0.3) is 0 Å². The molecule has 4 N–H and O–H groups in total. The molecule has 0 radical (unpaired) electrons. The predicted molar refractivity (Wildman–Crippen MR) is 133 cm³/mol. The van der Waals surface area contributed by atoms with Crippen molar-refractivity contribution in [2.75, 3.05) is 18.5 Å². The summed E-state index contributed by atoms with van der Waals surface area (Å²) in [6.45, 7) is 0.413. The van der Waals surface area contributed by atoms with Gasteiger partial charge in [0.05, 0.1) is 29.8 Å². The van der Waals surface area contributed by atoms with E-state index in [-0.39, 0.29) is 24.5 Å². The Bertz CT molecular complexity index is 1360. The average molecular weight is 531 g/mol. The van der Waals surface area contributed by atoms with E-state index in [1.807, 2.05) is 23.6 Å². The van der Waals surface area contributed by atoms with Gasteiger partial charge in [-0.05, 0) is 47.4 Å². The number of hydrogen-bond donors (Lipinski definition) is 3. The molecule has 2 aromatic heterocycles. The number of carbonyl (C=O) groups is 1. The standard InChI is InChI=1S/C24H26N4O6S2/c25-36(31,32)34-11-15-7-17(9-20(15)29)28-24-19(10-26-13-27-24)22(30)21-8-16(12-35-21)23-18-4-2-1-3-14(18)5-6-33-23/h1-4,8,10,12-13,15,17,20,23,29H,5-7,9,11H2,(H2,25,31,32)(H,26,27,28)/t15-,17-,20+,23-/m1/s1. The second kappa shape index (κ2) is 10.3. The Morgan fingerprint density at radius 1 is 1.31 bits per heavy atom. The number of nitrogens with two attached hydrogens (primary N) is 1. The number of carbonyl (C=O) groups excluding carboxylic acids is 1. The highest BCUT2D eigenvalue weighted by molar-refractivity contribution is 7.84. The highest BCUT2D eigenvalue weighted by atomic mass is 32.2. The van der Waals surface area contributed by atoms with E-state index in [1.54, 1.807) is 0 Å². The van der Waals surface area contributed by atoms with E-state index in [2.05, 4.69) is 31.6 Å². The maximum absolute atomic E-state index is 13.4. The van der Waals surface area contributed by atoms with E-state index in [1.165, 1.54) is 29.4 Å². The molecule has 0 saturated heterocycles. The van der Waals surface area contributed by atoms with Gasteiger partial charge in [-0.25, -0.2) is 15.1 Å². The number of aliphatic hydroxyl groups excluding tert-OH is 1. The van der Waals surface area contributed by atoms with Crippen LogP contribution in [0.25, 0.3) is 0 Å². The topological polar surface area (TPSA) is 154 Å². The number of aliphatic hydroxyl groups is 1. The third-order valence-electron chi connectivity index (χ3n) is 6.54. The van der Waals surface area contributed by atoms with Gasteiger partial charge in [-0.3, -0.25) is 8.98 Å². The summed E-state index contributed by atoms with van der Waals surface area (Å²) in [6, 6.07) is 9.80. The fourth-order valence-electron chi connectivity index (χ4n) is 4.80. The molecule has 36 heavy (non-hydrogen) atoms. The van der Waals surface area contributed by atoms with Crippen molar-refractivity contribution in [3.05, 3.63) is 75.4 Å². The molecule has 190 valence electrons. The molecule has 1 aliphatic carbocycles. The first kappa shape index (κ1) is 24.9. The molecular formula is C24H26N4O6S2. The number of ketones is 1. The van der Waals surface area contributed by atoms with Crippen LogP contribution in [0.4, 0.5) is 5.82 Å². The summed E-state index contributed by atoms with van der Waals surface area (Å²) in [5, 5.41) is 20.4. The number of nitrogens with zero attached hydrogens (tertiary/aromatic N) is 2. The Morgan fingerprint density at radius 3 is 2.97 bits per heavy atom. The number of anilines is 1. The van der Waals surface area contributed by atoms with E-state index in [0.717, 1.165) is 17.5 Å². The minimum atomic E-state index is -4.09. The number of rotatable bonds is 8. The summed E-state index contributed by atoms with van der Waals surface area (Å²) in [6.07, 6.45) is 3.46. The SMILES string of the molecule is NS(=O)(=O)OC[C@H]1C[C@@H](Nc2ncncc2C(=O)c2cc([C@H]3OCCc4ccccc43)cs2)C[C@@H]1O. The maximum Gasteiger partial charge on any atom is 0.333 e. The fraction of sp³-hybridized carbons (Fsp3) is 0.375. The van der Waals surface area contributed by atoms with Crippen molar-refractivity contribution in [1.82, 2.24) is 9.97 Å². The Hall–Kier alpha value is -2.74. The number of thiophene rings is 1. The molecule has 1 aliphatic heterocycles. The molecule has 1 saturated carbocycles. The quantitative estimate of drug-likeness (QED) is 0.372. The predicted octanol–water partition coefficient (Wildman–Crippen LogP) is 2.20. The number of benzene rings is 1. The lowest BCUT2D eigenvalue weighted by atomic mass is 9.94. The van der Waals surface area contributed by atoms with Crippen LogP contribution in [-0.4, -0.2) is 54.6 Å². The van der Waals surface area contributed by atoms with Gasteiger partial charge in [-0.1, -0.05) is 24.3 Å². The monoisotopic (exact) mass is 530 g/mol. The van der Waals surface area contributed by atoms with Crippen LogP contribution in [-0.2, 0) is 25.6 Å². The van der Waals surface area contributed by atoms with Crippen molar-refractivity contribution in [3.8, 4) is 0 Å². The van der Waals surface area contributed by atoms with Crippen LogP contribution < -0.4 is 10.5 Å². The fourth-order valence-corrected chi connectivity index (χ4v) is 6.04. The van der Waals surface area contributed by atoms with Gasteiger partial charge in [-0.15, -0.1) is 11.3 Å². The number of nitrogens with one attached hydrogen (secondary N) is 1. The Labute approximate surface area is 212 Å². The molecule has 2 aliphatic rings. The highest BCUT2D eigenvalue weighted by Crippen LogP contribution is 2.36. The van der Waals surface area contributed by atoms with Gasteiger partial charge in [0.2, 0.25) is 5.78 Å². The lowest BCUT2D eigenvalue weighted by Gasteiger charge is -2.25. The van der Waals surface area contributed by atoms with Crippen LogP contribution in [0.15, 0.2) is 48.2 Å². The molecule has 12 heteroatoms. The van der Waals surface area contributed by atoms with Crippen molar-refractivity contribution in [2.24, 2.45) is 11.1 Å². The molecule has 3 heterocycles. The minimum absolute atomic E-state index is 0.210. The van der Waals surface area contributed by atoms with E-state index >= 15 is 0 Å². The summed E-state index contributed by atoms with van der Waals surface area (Å²) in [5.74, 6) is -0.277. The first-order valence-electron chi connectivity index (χ1n) is 11.5. The zero-order chi connectivity index (χ0) is 25.3. The maximum atomic E-state index is 13.4. The summed E-state index contributed by atoms with van der Waals surface area (Å²) in [5.41, 5.74) is 3.61. The molecule has 1 fully saturated rings. The van der Waals surface area contributed by atoms with Crippen LogP contribution in [0.1, 0.15) is 50.9 Å². The molecule has 10 nitrogen and oxygen atoms in total. The molecule has 0 unspecified atom stereocenters. The molecule has 4 atom stereocenters. The van der Waals surface area contributed by atoms with Gasteiger partial charge < -0.3 is 15.2 Å². The molecule has 0 amide bonds. The summed E-state index contributed by atoms with van der Waals surface area (Å²) in [7, 11) is -4.09. The summed E-state index contributed by atoms with van der Waals surface area (Å²) in [4.78, 5) is 22.3. The summed E-state index contributed by atoms with van der Waals surface area (Å²) < 4.78 is 32.9. The largest absolute Gasteiger partial charge is 0.393 e. The summed E-state index contributed by atoms with van der Waals surface area (Å²) >= 11 is 1.34. The molecular weight excluding hydrogens is 504 g/mol. The molecule has 0 bridgehead atoms. The Kier molecular flexibility index (Phi) is 7.15. The zero-order valence-electron chi connectivity index (χ0n) is 19.2. The third-order valence-corrected chi connectivity index (χ3v) is 7.95. The molecule has 0 spiro atoms. The van der Waals surface area contributed by atoms with Crippen LogP contribution >= 0.6 is 11.3 Å². The normalized spacial score (nSPS) is 23.8. The Balaban J connectivity index is 1.31. The average Bonchev–Trinajstić information content (AvgIpc) is 3.48. The van der Waals surface area contributed by atoms with Crippen molar-refractivity contribution in [1.29, 1.82) is 0 Å². The third kappa shape index (κ3) is 5.48. The van der Waals surface area contributed by atoms with Gasteiger partial charge in [0.1, 0.15) is 18.2 Å². The van der Waals surface area contributed by atoms with Crippen LogP contribution in [0.5, 0.6) is 0 Å². The van der Waals surface area contributed by atoms with Crippen LogP contribution in [0, 0.1) is 5.92 Å². The van der Waals surface area contributed by atoms with Crippen molar-refractivity contribution < 1.29 is 27.2 Å². The molecule has 5 rings (SSSR count). The van der Waals surface area contributed by atoms with Gasteiger partial charge in [0.15, 0.2) is 0 Å². The van der Waals surface area contributed by atoms with Crippen LogP contribution in [0.3, 0.4) is 0 Å². The second-order valence-corrected chi connectivity index (χ2v) is 11.1. The van der Waals surface area contributed by atoms with E-state index < -0.39 is 22.3 Å². The highest BCUT2D eigenvalue weighted by Gasteiger charge is 2.35. The van der Waals surface area contributed by atoms with Gasteiger partial charge >= 0.3 is 10.3 Å². The van der Waals surface area contributed by atoms with Gasteiger partial charge in [0, 0.05) is 18.2 Å².